The highest BCUT2D eigenvalue weighted by Gasteiger charge is 2.20. The molecule has 1 N–H and O–H groups in total. The van der Waals surface area contributed by atoms with E-state index in [-0.39, 0.29) is 0 Å². The molecule has 1 aromatic carbocycles. The molecule has 0 saturated heterocycles. The van der Waals surface area contributed by atoms with E-state index in [1.54, 1.807) is 0 Å². The van der Waals surface area contributed by atoms with Gasteiger partial charge in [-0.2, -0.15) is 0 Å². The van der Waals surface area contributed by atoms with Crippen molar-refractivity contribution in [1.29, 1.82) is 0 Å². The fourth-order valence-corrected chi connectivity index (χ4v) is 2.63. The predicted octanol–water partition coefficient (Wildman–Crippen LogP) is 3.40. The summed E-state index contributed by atoms with van der Waals surface area (Å²) in [6.45, 7) is 3.95. The zero-order chi connectivity index (χ0) is 13.9. The number of benzene rings is 1. The van der Waals surface area contributed by atoms with Gasteiger partial charge in [0.25, 0.3) is 0 Å². The van der Waals surface area contributed by atoms with Gasteiger partial charge in [-0.3, -0.25) is 0 Å². The lowest BCUT2D eigenvalue weighted by Gasteiger charge is -2.09. The third kappa shape index (κ3) is 3.22. The zero-order valence-electron chi connectivity index (χ0n) is 11.8. The molecule has 0 radical (unpaired) electrons. The Bertz CT molecular complexity index is 587. The largest absolute Gasteiger partial charge is 0.335 e. The molecule has 0 aliphatic heterocycles. The van der Waals surface area contributed by atoms with Crippen LogP contribution in [0.15, 0.2) is 30.6 Å². The Morgan fingerprint density at radius 3 is 2.95 bits per heavy atom. The Labute approximate surface area is 125 Å². The first-order valence-electron chi connectivity index (χ1n) is 7.27. The van der Waals surface area contributed by atoms with Crippen molar-refractivity contribution in [3.8, 4) is 0 Å². The molecule has 106 valence electrons. The molecule has 0 amide bonds. The quantitative estimate of drug-likeness (QED) is 0.883. The van der Waals surface area contributed by atoms with E-state index in [4.69, 9.17) is 11.6 Å². The van der Waals surface area contributed by atoms with Crippen molar-refractivity contribution in [2.75, 3.05) is 0 Å². The second-order valence-corrected chi connectivity index (χ2v) is 5.79. The minimum absolute atomic E-state index is 0.711. The molecule has 1 heterocycles. The highest BCUT2D eigenvalue weighted by atomic mass is 35.5. The van der Waals surface area contributed by atoms with Crippen LogP contribution in [0.5, 0.6) is 0 Å². The van der Waals surface area contributed by atoms with Crippen LogP contribution in [-0.2, 0) is 19.5 Å². The fraction of sp³-hybridized carbons (Fsp3) is 0.438. The molecule has 1 aliphatic carbocycles. The molecule has 0 unspecified atom stereocenters. The van der Waals surface area contributed by atoms with Crippen LogP contribution < -0.4 is 5.32 Å². The van der Waals surface area contributed by atoms with Gasteiger partial charge in [0.15, 0.2) is 0 Å². The van der Waals surface area contributed by atoms with Crippen LogP contribution in [0.3, 0.4) is 0 Å². The molecule has 1 fully saturated rings. The van der Waals surface area contributed by atoms with E-state index in [1.807, 2.05) is 12.4 Å². The Balaban J connectivity index is 1.69. The highest BCUT2D eigenvalue weighted by Crippen LogP contribution is 2.23. The van der Waals surface area contributed by atoms with E-state index < -0.39 is 0 Å². The molecule has 3 rings (SSSR count). The standard InChI is InChI=1S/C16H20ClN3/c1-2-20-8-7-18-16(20)10-12-3-4-13(15(17)9-12)11-19-14-5-6-14/h3-4,7-9,14,19H,2,5-6,10-11H2,1H3. The molecular weight excluding hydrogens is 270 g/mol. The molecule has 1 saturated carbocycles. The van der Waals surface area contributed by atoms with Gasteiger partial charge in [-0.15, -0.1) is 0 Å². The van der Waals surface area contributed by atoms with Crippen LogP contribution in [0.2, 0.25) is 5.02 Å². The van der Waals surface area contributed by atoms with Crippen molar-refractivity contribution >= 4 is 11.6 Å². The summed E-state index contributed by atoms with van der Waals surface area (Å²) in [7, 11) is 0. The van der Waals surface area contributed by atoms with E-state index >= 15 is 0 Å². The summed E-state index contributed by atoms with van der Waals surface area (Å²) in [6, 6.07) is 7.07. The number of halogens is 1. The van der Waals surface area contributed by atoms with Gasteiger partial charge in [0.1, 0.15) is 5.82 Å². The van der Waals surface area contributed by atoms with Gasteiger partial charge < -0.3 is 9.88 Å². The van der Waals surface area contributed by atoms with Crippen molar-refractivity contribution in [3.05, 3.63) is 52.6 Å². The number of rotatable bonds is 6. The first-order valence-corrected chi connectivity index (χ1v) is 7.64. The van der Waals surface area contributed by atoms with Gasteiger partial charge >= 0.3 is 0 Å². The number of nitrogens with one attached hydrogen (secondary N) is 1. The smallest absolute Gasteiger partial charge is 0.113 e. The molecule has 2 aromatic rings. The van der Waals surface area contributed by atoms with E-state index in [9.17, 15) is 0 Å². The Kier molecular flexibility index (Phi) is 4.08. The molecule has 0 atom stereocenters. The van der Waals surface area contributed by atoms with Gasteiger partial charge in [-0.1, -0.05) is 23.7 Å². The molecule has 0 spiro atoms. The van der Waals surface area contributed by atoms with Crippen LogP contribution in [0.4, 0.5) is 0 Å². The second kappa shape index (κ2) is 5.98. The lowest BCUT2D eigenvalue weighted by atomic mass is 10.1. The third-order valence-corrected chi connectivity index (χ3v) is 4.13. The van der Waals surface area contributed by atoms with Crippen LogP contribution in [0.1, 0.15) is 36.7 Å². The van der Waals surface area contributed by atoms with Crippen LogP contribution >= 0.6 is 11.6 Å². The van der Waals surface area contributed by atoms with Crippen molar-refractivity contribution in [3.63, 3.8) is 0 Å². The average molecular weight is 290 g/mol. The van der Waals surface area contributed by atoms with Gasteiger partial charge in [0.2, 0.25) is 0 Å². The van der Waals surface area contributed by atoms with Crippen LogP contribution in [-0.4, -0.2) is 15.6 Å². The zero-order valence-corrected chi connectivity index (χ0v) is 12.5. The maximum absolute atomic E-state index is 6.38. The second-order valence-electron chi connectivity index (χ2n) is 5.39. The molecule has 4 heteroatoms. The van der Waals surface area contributed by atoms with Gasteiger partial charge in [0.05, 0.1) is 0 Å². The summed E-state index contributed by atoms with van der Waals surface area (Å²) in [4.78, 5) is 4.41. The lowest BCUT2D eigenvalue weighted by Crippen LogP contribution is -2.15. The topological polar surface area (TPSA) is 29.9 Å². The highest BCUT2D eigenvalue weighted by molar-refractivity contribution is 6.31. The van der Waals surface area contributed by atoms with Crippen molar-refractivity contribution in [2.45, 2.75) is 45.3 Å². The molecule has 3 nitrogen and oxygen atoms in total. The normalized spacial score (nSPS) is 14.7. The van der Waals surface area contributed by atoms with Crippen molar-refractivity contribution in [1.82, 2.24) is 14.9 Å². The van der Waals surface area contributed by atoms with Gasteiger partial charge in [-0.05, 0) is 37.0 Å². The Morgan fingerprint density at radius 2 is 2.25 bits per heavy atom. The van der Waals surface area contributed by atoms with Crippen LogP contribution in [0.25, 0.3) is 0 Å². The van der Waals surface area contributed by atoms with Crippen molar-refractivity contribution < 1.29 is 0 Å². The molecular formula is C16H20ClN3. The van der Waals surface area contributed by atoms with Crippen molar-refractivity contribution in [2.24, 2.45) is 0 Å². The van der Waals surface area contributed by atoms with Crippen LogP contribution in [0, 0.1) is 0 Å². The summed E-state index contributed by atoms with van der Waals surface area (Å²) < 4.78 is 2.16. The molecule has 20 heavy (non-hydrogen) atoms. The summed E-state index contributed by atoms with van der Waals surface area (Å²) in [5.74, 6) is 1.09. The molecule has 1 aliphatic rings. The maximum Gasteiger partial charge on any atom is 0.113 e. The van der Waals surface area contributed by atoms with E-state index in [0.717, 1.165) is 30.4 Å². The summed E-state index contributed by atoms with van der Waals surface area (Å²) in [5, 5.41) is 4.35. The first-order chi connectivity index (χ1) is 9.76. The van der Waals surface area contributed by atoms with Gasteiger partial charge in [0, 0.05) is 43.0 Å². The minimum atomic E-state index is 0.711. The molecule has 0 bridgehead atoms. The summed E-state index contributed by atoms with van der Waals surface area (Å²) in [5.41, 5.74) is 2.40. The Hall–Kier alpha value is -1.32. The lowest BCUT2D eigenvalue weighted by molar-refractivity contribution is 0.687. The maximum atomic E-state index is 6.38. The number of aryl methyl sites for hydroxylation is 1. The Morgan fingerprint density at radius 1 is 1.40 bits per heavy atom. The fourth-order valence-electron chi connectivity index (χ4n) is 2.36. The first kappa shape index (κ1) is 13.7. The predicted molar refractivity (Wildman–Crippen MR) is 82.0 cm³/mol. The van der Waals surface area contributed by atoms with E-state index in [1.165, 1.54) is 24.0 Å². The number of hydrogen-bond donors (Lipinski definition) is 1. The van der Waals surface area contributed by atoms with E-state index in [2.05, 4.69) is 40.0 Å². The number of hydrogen-bond acceptors (Lipinski definition) is 2. The average Bonchev–Trinajstić information content (AvgIpc) is 3.17. The summed E-state index contributed by atoms with van der Waals surface area (Å²) >= 11 is 6.38. The monoisotopic (exact) mass is 289 g/mol. The van der Waals surface area contributed by atoms with E-state index in [0.29, 0.717) is 6.04 Å². The number of aromatic nitrogens is 2. The molecule has 1 aromatic heterocycles. The summed E-state index contributed by atoms with van der Waals surface area (Å²) in [6.07, 6.45) is 7.31. The third-order valence-electron chi connectivity index (χ3n) is 3.78. The number of imidazole rings is 1. The SMILES string of the molecule is CCn1ccnc1Cc1ccc(CNC2CC2)c(Cl)c1. The van der Waals surface area contributed by atoms with Gasteiger partial charge in [-0.25, -0.2) is 4.98 Å². The minimum Gasteiger partial charge on any atom is -0.335 e. The number of nitrogens with zero attached hydrogens (tertiary/aromatic N) is 2.